The zero-order valence-corrected chi connectivity index (χ0v) is 15.3. The first kappa shape index (κ1) is 16.9. The molecule has 1 heterocycles. The third kappa shape index (κ3) is 3.53. The molecule has 3 aromatic rings. The van der Waals surface area contributed by atoms with E-state index in [1.807, 2.05) is 36.6 Å². The van der Waals surface area contributed by atoms with Crippen molar-refractivity contribution in [2.24, 2.45) is 0 Å². The molecule has 0 atom stereocenters. The Balaban J connectivity index is 1.55. The predicted molar refractivity (Wildman–Crippen MR) is 102 cm³/mol. The van der Waals surface area contributed by atoms with Crippen molar-refractivity contribution in [2.75, 3.05) is 0 Å². The number of hydrogen-bond acceptors (Lipinski definition) is 3. The third-order valence-corrected chi connectivity index (χ3v) is 5.55. The highest BCUT2D eigenvalue weighted by Gasteiger charge is 2.33. The quantitative estimate of drug-likeness (QED) is 0.632. The highest BCUT2D eigenvalue weighted by Crippen LogP contribution is 2.31. The highest BCUT2D eigenvalue weighted by atomic mass is 32.1. The van der Waals surface area contributed by atoms with Gasteiger partial charge in [0.1, 0.15) is 10.8 Å². The smallest absolute Gasteiger partial charge is 0.254 e. The van der Waals surface area contributed by atoms with Crippen LogP contribution in [0, 0.1) is 12.7 Å². The fourth-order valence-electron chi connectivity index (χ4n) is 2.97. The molecule has 1 amide bonds. The number of nitrogens with zero attached hydrogens (tertiary/aromatic N) is 2. The minimum absolute atomic E-state index is 0.0439. The summed E-state index contributed by atoms with van der Waals surface area (Å²) in [5, 5.41) is 2.96. The van der Waals surface area contributed by atoms with Gasteiger partial charge in [0.15, 0.2) is 0 Å². The molecule has 0 N–H and O–H groups in total. The Bertz CT molecular complexity index is 931. The van der Waals surface area contributed by atoms with Crippen LogP contribution in [0.25, 0.3) is 10.6 Å². The summed E-state index contributed by atoms with van der Waals surface area (Å²) in [4.78, 5) is 19.3. The lowest BCUT2D eigenvalue weighted by Gasteiger charge is -2.23. The molecule has 0 radical (unpaired) electrons. The van der Waals surface area contributed by atoms with Gasteiger partial charge in [0.2, 0.25) is 0 Å². The van der Waals surface area contributed by atoms with Gasteiger partial charge in [0, 0.05) is 40.4 Å². The number of benzene rings is 2. The van der Waals surface area contributed by atoms with Gasteiger partial charge in [0.25, 0.3) is 5.91 Å². The first-order valence-electron chi connectivity index (χ1n) is 8.69. The van der Waals surface area contributed by atoms with E-state index >= 15 is 0 Å². The van der Waals surface area contributed by atoms with Gasteiger partial charge in [-0.3, -0.25) is 4.79 Å². The SMILES string of the molecule is Cc1csc(-c2ccc(C(=O)N(Cc3ccccc3F)C3CC3)cc2)n1. The van der Waals surface area contributed by atoms with Crippen LogP contribution < -0.4 is 0 Å². The number of aromatic nitrogens is 1. The zero-order valence-electron chi connectivity index (χ0n) is 14.5. The number of rotatable bonds is 5. The minimum atomic E-state index is -0.263. The first-order valence-corrected chi connectivity index (χ1v) is 9.57. The molecule has 4 rings (SSSR count). The average molecular weight is 366 g/mol. The summed E-state index contributed by atoms with van der Waals surface area (Å²) in [5.41, 5.74) is 3.19. The second-order valence-corrected chi connectivity index (χ2v) is 7.49. The van der Waals surface area contributed by atoms with E-state index in [-0.39, 0.29) is 17.8 Å². The van der Waals surface area contributed by atoms with Crippen LogP contribution in [0.2, 0.25) is 0 Å². The summed E-state index contributed by atoms with van der Waals surface area (Å²) in [5.74, 6) is -0.307. The molecule has 1 aliphatic carbocycles. The summed E-state index contributed by atoms with van der Waals surface area (Å²) < 4.78 is 14.0. The monoisotopic (exact) mass is 366 g/mol. The highest BCUT2D eigenvalue weighted by molar-refractivity contribution is 7.13. The number of thiazole rings is 1. The minimum Gasteiger partial charge on any atom is -0.331 e. The molecule has 0 bridgehead atoms. The van der Waals surface area contributed by atoms with Crippen LogP contribution in [0.1, 0.15) is 34.5 Å². The van der Waals surface area contributed by atoms with Crippen LogP contribution in [0.15, 0.2) is 53.9 Å². The predicted octanol–water partition coefficient (Wildman–Crippen LogP) is 5.06. The number of carbonyl (C=O) groups excluding carboxylic acids is 1. The third-order valence-electron chi connectivity index (χ3n) is 4.54. The van der Waals surface area contributed by atoms with E-state index in [0.29, 0.717) is 17.7 Å². The molecule has 0 aliphatic heterocycles. The normalized spacial score (nSPS) is 13.6. The van der Waals surface area contributed by atoms with Gasteiger partial charge in [-0.2, -0.15) is 0 Å². The largest absolute Gasteiger partial charge is 0.331 e. The fourth-order valence-corrected chi connectivity index (χ4v) is 3.77. The van der Waals surface area contributed by atoms with Crippen LogP contribution in [0.5, 0.6) is 0 Å². The molecule has 132 valence electrons. The van der Waals surface area contributed by atoms with Gasteiger partial charge in [-0.05, 0) is 38.0 Å². The lowest BCUT2D eigenvalue weighted by atomic mass is 10.1. The van der Waals surface area contributed by atoms with E-state index in [2.05, 4.69) is 4.98 Å². The van der Waals surface area contributed by atoms with E-state index in [4.69, 9.17) is 0 Å². The van der Waals surface area contributed by atoms with Gasteiger partial charge in [0.05, 0.1) is 0 Å². The second kappa shape index (κ2) is 7.00. The Morgan fingerprint density at radius 2 is 1.92 bits per heavy atom. The summed E-state index contributed by atoms with van der Waals surface area (Å²) >= 11 is 1.59. The van der Waals surface area contributed by atoms with E-state index in [9.17, 15) is 9.18 Å². The van der Waals surface area contributed by atoms with Crippen molar-refractivity contribution < 1.29 is 9.18 Å². The van der Waals surface area contributed by atoms with E-state index in [0.717, 1.165) is 29.1 Å². The Hall–Kier alpha value is -2.53. The standard InChI is InChI=1S/C21H19FN2OS/c1-14-13-26-20(23-14)15-6-8-16(9-7-15)21(25)24(18-10-11-18)12-17-4-2-3-5-19(17)22/h2-9,13,18H,10-12H2,1H3. The maximum Gasteiger partial charge on any atom is 0.254 e. The maximum atomic E-state index is 14.0. The van der Waals surface area contributed by atoms with Gasteiger partial charge in [-0.15, -0.1) is 11.3 Å². The Labute approximate surface area is 156 Å². The number of hydrogen-bond donors (Lipinski definition) is 0. The lowest BCUT2D eigenvalue weighted by molar-refractivity contribution is 0.0728. The van der Waals surface area contributed by atoms with Crippen molar-refractivity contribution >= 4 is 17.2 Å². The van der Waals surface area contributed by atoms with Crippen LogP contribution >= 0.6 is 11.3 Å². The topological polar surface area (TPSA) is 33.2 Å². The number of aryl methyl sites for hydroxylation is 1. The van der Waals surface area contributed by atoms with Crippen LogP contribution in [0.3, 0.4) is 0 Å². The summed E-state index contributed by atoms with van der Waals surface area (Å²) in [6, 6.07) is 14.4. The molecular weight excluding hydrogens is 347 g/mol. The van der Waals surface area contributed by atoms with Crippen molar-refractivity contribution in [1.82, 2.24) is 9.88 Å². The van der Waals surface area contributed by atoms with E-state index in [1.165, 1.54) is 6.07 Å². The molecular formula is C21H19FN2OS. The van der Waals surface area contributed by atoms with Crippen molar-refractivity contribution in [3.8, 4) is 10.6 Å². The van der Waals surface area contributed by atoms with E-state index in [1.54, 1.807) is 34.4 Å². The molecule has 26 heavy (non-hydrogen) atoms. The second-order valence-electron chi connectivity index (χ2n) is 6.63. The van der Waals surface area contributed by atoms with Crippen molar-refractivity contribution in [2.45, 2.75) is 32.4 Å². The van der Waals surface area contributed by atoms with Crippen molar-refractivity contribution in [3.05, 3.63) is 76.5 Å². The molecule has 1 aromatic heterocycles. The van der Waals surface area contributed by atoms with Gasteiger partial charge in [-0.25, -0.2) is 9.37 Å². The summed E-state index contributed by atoms with van der Waals surface area (Å²) in [6.45, 7) is 2.28. The molecule has 2 aromatic carbocycles. The summed E-state index contributed by atoms with van der Waals surface area (Å²) in [7, 11) is 0. The Morgan fingerprint density at radius 3 is 2.54 bits per heavy atom. The molecule has 3 nitrogen and oxygen atoms in total. The van der Waals surface area contributed by atoms with Gasteiger partial charge in [-0.1, -0.05) is 30.3 Å². The zero-order chi connectivity index (χ0) is 18.1. The first-order chi connectivity index (χ1) is 12.6. The summed E-state index contributed by atoms with van der Waals surface area (Å²) in [6.07, 6.45) is 1.97. The van der Waals surface area contributed by atoms with Crippen LogP contribution in [-0.2, 0) is 6.54 Å². The number of halogens is 1. The Kier molecular flexibility index (Phi) is 4.55. The maximum absolute atomic E-state index is 14.0. The average Bonchev–Trinajstić information content (AvgIpc) is 3.41. The number of amides is 1. The molecule has 5 heteroatoms. The lowest BCUT2D eigenvalue weighted by Crippen LogP contribution is -2.32. The molecule has 1 aliphatic rings. The van der Waals surface area contributed by atoms with Gasteiger partial charge >= 0.3 is 0 Å². The Morgan fingerprint density at radius 1 is 1.19 bits per heavy atom. The van der Waals surface area contributed by atoms with Crippen LogP contribution in [-0.4, -0.2) is 21.8 Å². The molecule has 1 fully saturated rings. The van der Waals surface area contributed by atoms with E-state index < -0.39 is 0 Å². The van der Waals surface area contributed by atoms with Crippen molar-refractivity contribution in [3.63, 3.8) is 0 Å². The van der Waals surface area contributed by atoms with Gasteiger partial charge < -0.3 is 4.90 Å². The fraction of sp³-hybridized carbons (Fsp3) is 0.238. The number of carbonyl (C=O) groups is 1. The van der Waals surface area contributed by atoms with Crippen LogP contribution in [0.4, 0.5) is 4.39 Å². The molecule has 0 spiro atoms. The molecule has 1 saturated carbocycles. The molecule has 0 unspecified atom stereocenters. The molecule has 0 saturated heterocycles. The van der Waals surface area contributed by atoms with Crippen molar-refractivity contribution in [1.29, 1.82) is 0 Å².